The molecule has 0 aromatic carbocycles. The van der Waals surface area contributed by atoms with Crippen molar-refractivity contribution >= 4 is 16.9 Å². The van der Waals surface area contributed by atoms with Crippen LogP contribution in [0, 0.1) is 0 Å². The molecule has 2 nitrogen and oxygen atoms in total. The van der Waals surface area contributed by atoms with Gasteiger partial charge in [-0.3, -0.25) is 4.79 Å². The van der Waals surface area contributed by atoms with Crippen molar-refractivity contribution in [2.24, 2.45) is 0 Å². The average molecular weight is 134 g/mol. The lowest BCUT2D eigenvalue weighted by Gasteiger charge is -2.11. The van der Waals surface area contributed by atoms with Crippen LogP contribution in [0.1, 0.15) is 13.8 Å². The van der Waals surface area contributed by atoms with Gasteiger partial charge >= 0.3 is 0 Å². The predicted octanol–water partition coefficient (Wildman–Crippen LogP) is 0.647. The van der Waals surface area contributed by atoms with Gasteiger partial charge in [0.1, 0.15) is 5.60 Å². The molecule has 0 aliphatic heterocycles. The zero-order valence-electron chi connectivity index (χ0n) is 5.26. The Bertz CT molecular complexity index is 93.1. The van der Waals surface area contributed by atoms with Crippen molar-refractivity contribution in [2.75, 3.05) is 6.26 Å². The minimum Gasteiger partial charge on any atom is -0.382 e. The number of hydrogen-bond donors (Lipinski definition) is 1. The number of aliphatic hydroxyl groups is 1. The maximum Gasteiger partial charge on any atom is 0.219 e. The van der Waals surface area contributed by atoms with E-state index < -0.39 is 5.60 Å². The summed E-state index contributed by atoms with van der Waals surface area (Å²) in [5.41, 5.74) is -1.17. The minimum atomic E-state index is -1.17. The van der Waals surface area contributed by atoms with Gasteiger partial charge in [-0.15, -0.1) is 0 Å². The standard InChI is InChI=1S/C5H10O2S/c1-5(2,7)4(6)8-3/h7H,1-3H3. The summed E-state index contributed by atoms with van der Waals surface area (Å²) in [5, 5.41) is 8.72. The first-order valence-electron chi connectivity index (χ1n) is 2.29. The van der Waals surface area contributed by atoms with E-state index >= 15 is 0 Å². The van der Waals surface area contributed by atoms with Gasteiger partial charge in [-0.2, -0.15) is 0 Å². The van der Waals surface area contributed by atoms with Crippen molar-refractivity contribution in [1.29, 1.82) is 0 Å². The molecular weight excluding hydrogens is 124 g/mol. The quantitative estimate of drug-likeness (QED) is 0.572. The zero-order chi connectivity index (χ0) is 6.78. The maximum absolute atomic E-state index is 10.5. The van der Waals surface area contributed by atoms with Crippen molar-refractivity contribution in [1.82, 2.24) is 0 Å². The lowest BCUT2D eigenvalue weighted by molar-refractivity contribution is -0.124. The van der Waals surface area contributed by atoms with Gasteiger partial charge in [-0.05, 0) is 20.1 Å². The molecule has 0 atom stereocenters. The highest BCUT2D eigenvalue weighted by Crippen LogP contribution is 2.10. The first kappa shape index (κ1) is 7.98. The Morgan fingerprint density at radius 2 is 2.00 bits per heavy atom. The summed E-state index contributed by atoms with van der Waals surface area (Å²) in [6.45, 7) is 2.96. The van der Waals surface area contributed by atoms with Crippen molar-refractivity contribution in [2.45, 2.75) is 19.4 Å². The summed E-state index contributed by atoms with van der Waals surface area (Å²) in [6.07, 6.45) is 1.65. The Morgan fingerprint density at radius 1 is 1.62 bits per heavy atom. The van der Waals surface area contributed by atoms with E-state index in [1.54, 1.807) is 6.26 Å². The second kappa shape index (κ2) is 2.51. The molecule has 0 rings (SSSR count). The lowest BCUT2D eigenvalue weighted by Crippen LogP contribution is -2.27. The summed E-state index contributed by atoms with van der Waals surface area (Å²) in [5.74, 6) is 0. The van der Waals surface area contributed by atoms with Gasteiger partial charge in [-0.25, -0.2) is 0 Å². The Labute approximate surface area is 53.3 Å². The van der Waals surface area contributed by atoms with Gasteiger partial charge in [0.2, 0.25) is 5.12 Å². The molecule has 0 heterocycles. The van der Waals surface area contributed by atoms with Gasteiger partial charge in [-0.1, -0.05) is 11.8 Å². The van der Waals surface area contributed by atoms with E-state index in [9.17, 15) is 4.79 Å². The van der Waals surface area contributed by atoms with Crippen LogP contribution in [-0.2, 0) is 4.79 Å². The Kier molecular flexibility index (Phi) is 2.50. The van der Waals surface area contributed by atoms with Crippen molar-refractivity contribution in [3.8, 4) is 0 Å². The molecule has 0 fully saturated rings. The van der Waals surface area contributed by atoms with Crippen LogP contribution in [0.15, 0.2) is 0 Å². The van der Waals surface area contributed by atoms with Gasteiger partial charge in [0, 0.05) is 0 Å². The highest BCUT2D eigenvalue weighted by Gasteiger charge is 2.21. The summed E-state index contributed by atoms with van der Waals surface area (Å²) in [7, 11) is 0. The molecule has 0 aromatic rings. The molecule has 0 aliphatic rings. The highest BCUT2D eigenvalue weighted by molar-refractivity contribution is 8.13. The maximum atomic E-state index is 10.5. The van der Waals surface area contributed by atoms with Crippen LogP contribution in [0.4, 0.5) is 0 Å². The predicted molar refractivity (Wildman–Crippen MR) is 34.8 cm³/mol. The first-order valence-corrected chi connectivity index (χ1v) is 3.51. The fourth-order valence-corrected chi connectivity index (χ4v) is 0.749. The molecule has 0 saturated carbocycles. The molecule has 0 radical (unpaired) electrons. The molecule has 0 unspecified atom stereocenters. The van der Waals surface area contributed by atoms with Crippen molar-refractivity contribution in [3.05, 3.63) is 0 Å². The molecule has 0 amide bonds. The van der Waals surface area contributed by atoms with Crippen LogP contribution in [0.2, 0.25) is 0 Å². The Hall–Kier alpha value is -0.0200. The normalized spacial score (nSPS) is 11.5. The summed E-state index contributed by atoms with van der Waals surface area (Å²) in [6, 6.07) is 0. The van der Waals surface area contributed by atoms with Gasteiger partial charge < -0.3 is 5.11 Å². The first-order chi connectivity index (χ1) is 3.48. The minimum absolute atomic E-state index is 0.197. The second-order valence-electron chi connectivity index (χ2n) is 2.05. The van der Waals surface area contributed by atoms with E-state index in [4.69, 9.17) is 5.11 Å². The summed E-state index contributed by atoms with van der Waals surface area (Å²) in [4.78, 5) is 10.5. The van der Waals surface area contributed by atoms with E-state index in [2.05, 4.69) is 0 Å². The number of rotatable bonds is 1. The second-order valence-corrected chi connectivity index (χ2v) is 2.83. The van der Waals surface area contributed by atoms with Gasteiger partial charge in [0.25, 0.3) is 0 Å². The van der Waals surface area contributed by atoms with E-state index in [-0.39, 0.29) is 5.12 Å². The van der Waals surface area contributed by atoms with Crippen LogP contribution < -0.4 is 0 Å². The molecule has 0 saturated heterocycles. The highest BCUT2D eigenvalue weighted by atomic mass is 32.2. The zero-order valence-corrected chi connectivity index (χ0v) is 6.08. The molecule has 0 spiro atoms. The Morgan fingerprint density at radius 3 is 2.00 bits per heavy atom. The van der Waals surface area contributed by atoms with Crippen LogP contribution in [0.3, 0.4) is 0 Å². The molecule has 0 aliphatic carbocycles. The van der Waals surface area contributed by atoms with Crippen LogP contribution in [0.5, 0.6) is 0 Å². The van der Waals surface area contributed by atoms with E-state index in [1.807, 2.05) is 0 Å². The topological polar surface area (TPSA) is 37.3 Å². The number of thioether (sulfide) groups is 1. The molecule has 8 heavy (non-hydrogen) atoms. The Balaban J connectivity index is 3.82. The van der Waals surface area contributed by atoms with Gasteiger partial charge in [0.05, 0.1) is 0 Å². The van der Waals surface area contributed by atoms with Gasteiger partial charge in [0.15, 0.2) is 0 Å². The molecule has 48 valence electrons. The van der Waals surface area contributed by atoms with E-state index in [1.165, 1.54) is 13.8 Å². The van der Waals surface area contributed by atoms with Crippen molar-refractivity contribution < 1.29 is 9.90 Å². The third kappa shape index (κ3) is 2.33. The SMILES string of the molecule is CSC(=O)C(C)(C)O. The number of carbonyl (C=O) groups excluding carboxylic acids is 1. The van der Waals surface area contributed by atoms with E-state index in [0.717, 1.165) is 11.8 Å². The molecule has 3 heteroatoms. The number of hydrogen-bond acceptors (Lipinski definition) is 3. The van der Waals surface area contributed by atoms with E-state index in [0.29, 0.717) is 0 Å². The lowest BCUT2D eigenvalue weighted by atomic mass is 10.2. The third-order valence-corrected chi connectivity index (χ3v) is 1.56. The smallest absolute Gasteiger partial charge is 0.219 e. The molecular formula is C5H10O2S. The van der Waals surface area contributed by atoms with Crippen LogP contribution in [-0.4, -0.2) is 22.1 Å². The fourth-order valence-electron chi connectivity index (χ4n) is 0.250. The average Bonchev–Trinajstić information content (AvgIpc) is 1.62. The third-order valence-electron chi connectivity index (χ3n) is 0.685. The summed E-state index contributed by atoms with van der Waals surface area (Å²) < 4.78 is 0. The van der Waals surface area contributed by atoms with Crippen LogP contribution in [0.25, 0.3) is 0 Å². The van der Waals surface area contributed by atoms with Crippen LogP contribution >= 0.6 is 11.8 Å². The summed E-state index contributed by atoms with van der Waals surface area (Å²) >= 11 is 1.04. The number of carbonyl (C=O) groups is 1. The monoisotopic (exact) mass is 134 g/mol. The molecule has 0 bridgehead atoms. The molecule has 0 aromatic heterocycles. The van der Waals surface area contributed by atoms with Crippen molar-refractivity contribution in [3.63, 3.8) is 0 Å². The largest absolute Gasteiger partial charge is 0.382 e. The molecule has 1 N–H and O–H groups in total. The fraction of sp³-hybridized carbons (Fsp3) is 0.800.